The summed E-state index contributed by atoms with van der Waals surface area (Å²) < 4.78 is 1.40. The third-order valence-electron chi connectivity index (χ3n) is 3.58. The van der Waals surface area contributed by atoms with Gasteiger partial charge in [0.05, 0.1) is 2.88 Å². The number of thiophene rings is 1. The second-order valence-electron chi connectivity index (χ2n) is 4.85. The molecule has 0 saturated carbocycles. The fourth-order valence-corrected chi connectivity index (χ4v) is 4.93. The van der Waals surface area contributed by atoms with Crippen LogP contribution >= 0.6 is 45.5 Å². The molecule has 1 atom stereocenters. The molecule has 1 unspecified atom stereocenters. The van der Waals surface area contributed by atoms with Crippen LogP contribution in [0, 0.1) is 2.88 Å². The normalized spacial score (nSPS) is 18.3. The first-order chi connectivity index (χ1) is 9.24. The lowest BCUT2D eigenvalue weighted by molar-refractivity contribution is 0.463. The second kappa shape index (κ2) is 6.12. The van der Waals surface area contributed by atoms with Gasteiger partial charge in [-0.25, -0.2) is 0 Å². The van der Waals surface area contributed by atoms with Gasteiger partial charge in [0.25, 0.3) is 0 Å². The van der Waals surface area contributed by atoms with E-state index < -0.39 is 0 Å². The van der Waals surface area contributed by atoms with E-state index in [2.05, 4.69) is 40.0 Å². The predicted octanol–water partition coefficient (Wildman–Crippen LogP) is 5.17. The van der Waals surface area contributed by atoms with Crippen LogP contribution in [0.3, 0.4) is 0 Å². The van der Waals surface area contributed by atoms with Crippen LogP contribution in [0.5, 0.6) is 0 Å². The lowest BCUT2D eigenvalue weighted by Crippen LogP contribution is -2.24. The minimum Gasteiger partial charge on any atom is -0.306 e. The van der Waals surface area contributed by atoms with Gasteiger partial charge in [-0.15, -0.1) is 11.3 Å². The van der Waals surface area contributed by atoms with Crippen molar-refractivity contribution in [2.24, 2.45) is 0 Å². The van der Waals surface area contributed by atoms with Gasteiger partial charge in [-0.3, -0.25) is 0 Å². The van der Waals surface area contributed by atoms with Gasteiger partial charge in [0.2, 0.25) is 0 Å². The first kappa shape index (κ1) is 13.9. The van der Waals surface area contributed by atoms with E-state index in [9.17, 15) is 0 Å². The Balaban J connectivity index is 1.73. The summed E-state index contributed by atoms with van der Waals surface area (Å²) in [6, 6.07) is 10.9. The van der Waals surface area contributed by atoms with Crippen LogP contribution in [0.4, 0.5) is 0 Å². The summed E-state index contributed by atoms with van der Waals surface area (Å²) in [5, 5.41) is 4.52. The minimum absolute atomic E-state index is 0.486. The molecule has 0 aliphatic heterocycles. The minimum atomic E-state index is 0.486. The molecular weight excluding hydrogens is 389 g/mol. The molecule has 2 aromatic rings. The second-order valence-corrected chi connectivity index (χ2v) is 8.28. The average Bonchev–Trinajstić information content (AvgIpc) is 2.78. The molecule has 1 aromatic heterocycles. The molecule has 0 saturated heterocycles. The number of fused-ring (bicyclic) bond motifs is 1. The molecule has 0 radical (unpaired) electrons. The molecule has 4 heteroatoms. The van der Waals surface area contributed by atoms with Crippen molar-refractivity contribution < 1.29 is 0 Å². The predicted molar refractivity (Wildman–Crippen MR) is 91.0 cm³/mol. The average molecular weight is 404 g/mol. The lowest BCUT2D eigenvalue weighted by atomic mass is 9.94. The molecule has 0 amide bonds. The van der Waals surface area contributed by atoms with Crippen molar-refractivity contribution in [2.45, 2.75) is 31.8 Å². The zero-order chi connectivity index (χ0) is 13.2. The quantitative estimate of drug-likeness (QED) is 0.697. The number of nitrogens with one attached hydrogen (secondary N) is 1. The molecular formula is C15H15ClINS. The fourth-order valence-electron chi connectivity index (χ4n) is 2.61. The van der Waals surface area contributed by atoms with Crippen LogP contribution < -0.4 is 5.32 Å². The van der Waals surface area contributed by atoms with E-state index in [1.165, 1.54) is 33.3 Å². The van der Waals surface area contributed by atoms with Crippen molar-refractivity contribution >= 4 is 45.5 Å². The zero-order valence-corrected chi connectivity index (χ0v) is 14.2. The third-order valence-corrected chi connectivity index (χ3v) is 5.92. The largest absolute Gasteiger partial charge is 0.306 e. The van der Waals surface area contributed by atoms with Crippen LogP contribution in [0.1, 0.15) is 34.9 Å². The Hall–Kier alpha value is -0.100. The van der Waals surface area contributed by atoms with Gasteiger partial charge in [0.15, 0.2) is 0 Å². The summed E-state index contributed by atoms with van der Waals surface area (Å²) in [7, 11) is 0. The monoisotopic (exact) mass is 403 g/mol. The van der Waals surface area contributed by atoms with Crippen LogP contribution in [0.2, 0.25) is 5.02 Å². The first-order valence-electron chi connectivity index (χ1n) is 6.49. The summed E-state index contributed by atoms with van der Waals surface area (Å²) in [5.41, 5.74) is 2.69. The molecule has 1 aromatic carbocycles. The molecule has 1 N–H and O–H groups in total. The Bertz CT molecular complexity index is 581. The van der Waals surface area contributed by atoms with Crippen molar-refractivity contribution in [3.05, 3.63) is 54.2 Å². The van der Waals surface area contributed by atoms with Crippen LogP contribution in [-0.2, 0) is 13.0 Å². The summed E-state index contributed by atoms with van der Waals surface area (Å²) in [5.74, 6) is 0. The number of benzene rings is 1. The van der Waals surface area contributed by atoms with Gasteiger partial charge in [-0.2, -0.15) is 0 Å². The van der Waals surface area contributed by atoms with Crippen LogP contribution in [0.25, 0.3) is 0 Å². The van der Waals surface area contributed by atoms with E-state index in [1.807, 2.05) is 29.5 Å². The highest BCUT2D eigenvalue weighted by atomic mass is 127. The topological polar surface area (TPSA) is 12.0 Å². The van der Waals surface area contributed by atoms with Gasteiger partial charge < -0.3 is 5.32 Å². The summed E-state index contributed by atoms with van der Waals surface area (Å²) >= 11 is 10.6. The SMILES string of the molecule is Clc1ccccc1CNC1CCCc2sc(I)cc21. The smallest absolute Gasteiger partial charge is 0.0659 e. The summed E-state index contributed by atoms with van der Waals surface area (Å²) in [6.45, 7) is 0.843. The van der Waals surface area contributed by atoms with Gasteiger partial charge in [-0.05, 0) is 65.1 Å². The molecule has 0 bridgehead atoms. The van der Waals surface area contributed by atoms with Crippen LogP contribution in [0.15, 0.2) is 30.3 Å². The highest BCUT2D eigenvalue weighted by molar-refractivity contribution is 14.1. The molecule has 0 spiro atoms. The fraction of sp³-hybridized carbons (Fsp3) is 0.333. The number of hydrogen-bond donors (Lipinski definition) is 1. The van der Waals surface area contributed by atoms with Gasteiger partial charge in [-0.1, -0.05) is 29.8 Å². The van der Waals surface area contributed by atoms with Crippen molar-refractivity contribution in [1.82, 2.24) is 5.32 Å². The number of halogens is 2. The highest BCUT2D eigenvalue weighted by Gasteiger charge is 2.22. The van der Waals surface area contributed by atoms with Gasteiger partial charge >= 0.3 is 0 Å². The van der Waals surface area contributed by atoms with Crippen LogP contribution in [-0.4, -0.2) is 0 Å². The molecule has 1 aliphatic rings. The maximum absolute atomic E-state index is 6.21. The van der Waals surface area contributed by atoms with E-state index in [4.69, 9.17) is 11.6 Å². The first-order valence-corrected chi connectivity index (χ1v) is 8.76. The number of aryl methyl sites for hydroxylation is 1. The summed E-state index contributed by atoms with van der Waals surface area (Å²) in [4.78, 5) is 1.56. The third kappa shape index (κ3) is 3.15. The van der Waals surface area contributed by atoms with E-state index in [-0.39, 0.29) is 0 Å². The maximum atomic E-state index is 6.21. The lowest BCUT2D eigenvalue weighted by Gasteiger charge is -2.24. The Morgan fingerprint density at radius 1 is 1.37 bits per heavy atom. The van der Waals surface area contributed by atoms with Crippen molar-refractivity contribution in [3.8, 4) is 0 Å². The Kier molecular flexibility index (Phi) is 4.47. The molecule has 1 heterocycles. The summed E-state index contributed by atoms with van der Waals surface area (Å²) in [6.07, 6.45) is 3.75. The van der Waals surface area contributed by atoms with E-state index in [0.29, 0.717) is 6.04 Å². The Labute approximate surface area is 136 Å². The van der Waals surface area contributed by atoms with E-state index in [0.717, 1.165) is 11.6 Å². The zero-order valence-electron chi connectivity index (χ0n) is 10.5. The van der Waals surface area contributed by atoms with Crippen molar-refractivity contribution in [3.63, 3.8) is 0 Å². The Morgan fingerprint density at radius 2 is 2.21 bits per heavy atom. The highest BCUT2D eigenvalue weighted by Crippen LogP contribution is 2.36. The maximum Gasteiger partial charge on any atom is 0.0659 e. The molecule has 19 heavy (non-hydrogen) atoms. The number of hydrogen-bond acceptors (Lipinski definition) is 2. The van der Waals surface area contributed by atoms with Crippen molar-refractivity contribution in [2.75, 3.05) is 0 Å². The Morgan fingerprint density at radius 3 is 3.05 bits per heavy atom. The molecule has 1 nitrogen and oxygen atoms in total. The van der Waals surface area contributed by atoms with Gasteiger partial charge in [0.1, 0.15) is 0 Å². The van der Waals surface area contributed by atoms with Gasteiger partial charge in [0, 0.05) is 22.5 Å². The van der Waals surface area contributed by atoms with E-state index in [1.54, 1.807) is 4.88 Å². The molecule has 0 fully saturated rings. The van der Waals surface area contributed by atoms with Crippen molar-refractivity contribution in [1.29, 1.82) is 0 Å². The number of rotatable bonds is 3. The van der Waals surface area contributed by atoms with E-state index >= 15 is 0 Å². The molecule has 100 valence electrons. The molecule has 1 aliphatic carbocycles. The molecule has 3 rings (SSSR count). The standard InChI is InChI=1S/C15H15ClINS/c16-12-5-2-1-4-10(12)9-18-13-6-3-7-14-11(13)8-15(17)19-14/h1-2,4-5,8,13,18H,3,6-7,9H2.